The standard InChI is InChI=1S/C26H30N4O8/c1-5-23(31)35-15-13-29(3)11-7-9-21(19-27)25(33)37-17-18-38-26(34)22(20-28)10-8-12-30(4)14-16-36-24(32)6-2/h5-12H,1-2,13-18H2,3-4H3/b11-7+,12-8+,21-9+,22-10+. The minimum absolute atomic E-state index is 0.131. The number of hydrogen-bond donors (Lipinski definition) is 0. The number of nitriles is 2. The molecule has 0 unspecified atom stereocenters. The molecule has 0 amide bonds. The molecule has 0 N–H and O–H groups in total. The SMILES string of the molecule is C=CC(=O)OCCN(C)/C=C/C=C(\C#N)C(=O)OCCOC(=O)/C(C#N)=C/C=C/N(C)CCOC(=O)C=C. The highest BCUT2D eigenvalue weighted by Crippen LogP contribution is 2.01. The number of esters is 4. The minimum Gasteiger partial charge on any atom is -0.461 e. The predicted octanol–water partition coefficient (Wildman–Crippen LogP) is 1.32. The number of likely N-dealkylation sites (N-methyl/N-ethyl adjacent to an activating group) is 2. The van der Waals surface area contributed by atoms with Crippen molar-refractivity contribution in [2.45, 2.75) is 0 Å². The van der Waals surface area contributed by atoms with Gasteiger partial charge in [-0.1, -0.05) is 13.2 Å². The normalized spacial score (nSPS) is 11.2. The second-order valence-corrected chi connectivity index (χ2v) is 7.04. The Bertz CT molecular complexity index is 976. The zero-order valence-corrected chi connectivity index (χ0v) is 21.3. The van der Waals surface area contributed by atoms with E-state index in [9.17, 15) is 19.2 Å². The van der Waals surface area contributed by atoms with Gasteiger partial charge in [-0.15, -0.1) is 0 Å². The molecule has 202 valence electrons. The van der Waals surface area contributed by atoms with Gasteiger partial charge in [0.15, 0.2) is 0 Å². The number of hydrogen-bond acceptors (Lipinski definition) is 12. The van der Waals surface area contributed by atoms with Crippen LogP contribution >= 0.6 is 0 Å². The van der Waals surface area contributed by atoms with E-state index in [4.69, 9.17) is 29.5 Å². The second kappa shape index (κ2) is 20.1. The van der Waals surface area contributed by atoms with Crippen molar-refractivity contribution in [1.82, 2.24) is 9.80 Å². The van der Waals surface area contributed by atoms with Crippen molar-refractivity contribution in [3.63, 3.8) is 0 Å². The Morgan fingerprint density at radius 1 is 0.684 bits per heavy atom. The van der Waals surface area contributed by atoms with E-state index in [2.05, 4.69) is 13.2 Å². The van der Waals surface area contributed by atoms with Crippen LogP contribution in [0.1, 0.15) is 0 Å². The number of allylic oxidation sites excluding steroid dienone is 4. The summed E-state index contributed by atoms with van der Waals surface area (Å²) in [6.07, 6.45) is 10.6. The molecule has 0 aromatic carbocycles. The second-order valence-electron chi connectivity index (χ2n) is 7.04. The smallest absolute Gasteiger partial charge is 0.349 e. The summed E-state index contributed by atoms with van der Waals surface area (Å²) in [5.41, 5.74) is -0.574. The summed E-state index contributed by atoms with van der Waals surface area (Å²) in [6.45, 7) is 6.93. The molecule has 0 heterocycles. The van der Waals surface area contributed by atoms with Crippen LogP contribution in [0.15, 0.2) is 73.2 Å². The third-order valence-electron chi connectivity index (χ3n) is 4.15. The van der Waals surface area contributed by atoms with E-state index in [-0.39, 0.29) is 37.6 Å². The molecule has 0 aromatic heterocycles. The Morgan fingerprint density at radius 3 is 1.37 bits per heavy atom. The third kappa shape index (κ3) is 15.7. The topological polar surface area (TPSA) is 159 Å². The Balaban J connectivity index is 4.54. The van der Waals surface area contributed by atoms with Crippen LogP contribution < -0.4 is 0 Å². The Kier molecular flexibility index (Phi) is 17.4. The molecular formula is C26H30N4O8. The fourth-order valence-electron chi connectivity index (χ4n) is 2.15. The molecule has 0 aliphatic rings. The summed E-state index contributed by atoms with van der Waals surface area (Å²) in [6, 6.07) is 3.42. The highest BCUT2D eigenvalue weighted by atomic mass is 16.6. The molecular weight excluding hydrogens is 496 g/mol. The van der Waals surface area contributed by atoms with Gasteiger partial charge in [0.2, 0.25) is 0 Å². The van der Waals surface area contributed by atoms with Crippen molar-refractivity contribution in [3.05, 3.63) is 73.2 Å². The Labute approximate surface area is 221 Å². The lowest BCUT2D eigenvalue weighted by atomic mass is 10.2. The van der Waals surface area contributed by atoms with Gasteiger partial charge in [0.1, 0.15) is 49.7 Å². The van der Waals surface area contributed by atoms with Gasteiger partial charge in [-0.2, -0.15) is 10.5 Å². The Hall–Kier alpha value is -5.10. The first-order valence-electron chi connectivity index (χ1n) is 11.1. The first kappa shape index (κ1) is 32.9. The molecule has 0 aliphatic carbocycles. The van der Waals surface area contributed by atoms with E-state index in [1.165, 1.54) is 24.3 Å². The molecule has 0 fully saturated rings. The van der Waals surface area contributed by atoms with E-state index in [0.29, 0.717) is 13.1 Å². The number of rotatable bonds is 17. The molecule has 0 saturated heterocycles. The van der Waals surface area contributed by atoms with Crippen LogP contribution in [0.2, 0.25) is 0 Å². The van der Waals surface area contributed by atoms with Crippen molar-refractivity contribution in [2.24, 2.45) is 0 Å². The lowest BCUT2D eigenvalue weighted by Gasteiger charge is -2.12. The molecule has 12 heteroatoms. The van der Waals surface area contributed by atoms with Gasteiger partial charge in [-0.25, -0.2) is 19.2 Å². The van der Waals surface area contributed by atoms with Gasteiger partial charge in [0, 0.05) is 26.2 Å². The zero-order valence-electron chi connectivity index (χ0n) is 21.3. The monoisotopic (exact) mass is 526 g/mol. The van der Waals surface area contributed by atoms with Crippen LogP contribution in [0.3, 0.4) is 0 Å². The van der Waals surface area contributed by atoms with E-state index >= 15 is 0 Å². The number of ether oxygens (including phenoxy) is 4. The molecule has 0 atom stereocenters. The van der Waals surface area contributed by atoms with E-state index in [1.54, 1.807) is 48.4 Å². The van der Waals surface area contributed by atoms with Crippen LogP contribution in [0.4, 0.5) is 0 Å². The summed E-state index contributed by atoms with van der Waals surface area (Å²) in [5, 5.41) is 18.3. The van der Waals surface area contributed by atoms with Gasteiger partial charge < -0.3 is 28.7 Å². The van der Waals surface area contributed by atoms with Crippen molar-refractivity contribution in [1.29, 1.82) is 10.5 Å². The van der Waals surface area contributed by atoms with Crippen LogP contribution in [0.25, 0.3) is 0 Å². The summed E-state index contributed by atoms with van der Waals surface area (Å²) in [7, 11) is 3.40. The molecule has 0 saturated carbocycles. The average Bonchev–Trinajstić information content (AvgIpc) is 2.90. The van der Waals surface area contributed by atoms with Gasteiger partial charge in [-0.05, 0) is 36.7 Å². The first-order valence-corrected chi connectivity index (χ1v) is 11.1. The molecule has 0 bridgehead atoms. The maximum Gasteiger partial charge on any atom is 0.349 e. The number of carbonyl (C=O) groups is 4. The van der Waals surface area contributed by atoms with Crippen LogP contribution in [-0.4, -0.2) is 87.3 Å². The maximum absolute atomic E-state index is 12.0. The van der Waals surface area contributed by atoms with Gasteiger partial charge in [0.25, 0.3) is 0 Å². The molecule has 38 heavy (non-hydrogen) atoms. The fourth-order valence-corrected chi connectivity index (χ4v) is 2.15. The fraction of sp³-hybridized carbons (Fsp3) is 0.308. The minimum atomic E-state index is -0.920. The molecule has 0 rings (SSSR count). The van der Waals surface area contributed by atoms with Crippen molar-refractivity contribution in [3.8, 4) is 12.1 Å². The molecule has 0 aromatic rings. The molecule has 0 aliphatic heterocycles. The number of nitrogens with zero attached hydrogens (tertiary/aromatic N) is 4. The van der Waals surface area contributed by atoms with Crippen LogP contribution in [0, 0.1) is 22.7 Å². The van der Waals surface area contributed by atoms with Gasteiger partial charge in [-0.3, -0.25) is 0 Å². The summed E-state index contributed by atoms with van der Waals surface area (Å²) in [5.74, 6) is -2.91. The largest absolute Gasteiger partial charge is 0.461 e. The van der Waals surface area contributed by atoms with Crippen LogP contribution in [-0.2, 0) is 38.1 Å². The summed E-state index contributed by atoms with van der Waals surface area (Å²) < 4.78 is 19.5. The van der Waals surface area contributed by atoms with E-state index in [0.717, 1.165) is 12.2 Å². The average molecular weight is 527 g/mol. The lowest BCUT2D eigenvalue weighted by Crippen LogP contribution is -2.18. The van der Waals surface area contributed by atoms with Crippen molar-refractivity contribution in [2.75, 3.05) is 53.6 Å². The highest BCUT2D eigenvalue weighted by molar-refractivity contribution is 5.93. The molecule has 0 radical (unpaired) electrons. The van der Waals surface area contributed by atoms with Crippen LogP contribution in [0.5, 0.6) is 0 Å². The van der Waals surface area contributed by atoms with Crippen molar-refractivity contribution >= 4 is 23.9 Å². The summed E-state index contributed by atoms with van der Waals surface area (Å²) >= 11 is 0. The van der Waals surface area contributed by atoms with Gasteiger partial charge in [0.05, 0.1) is 13.1 Å². The predicted molar refractivity (Wildman–Crippen MR) is 135 cm³/mol. The third-order valence-corrected chi connectivity index (χ3v) is 4.15. The van der Waals surface area contributed by atoms with Gasteiger partial charge >= 0.3 is 23.9 Å². The quantitative estimate of drug-likeness (QED) is 0.0669. The first-order chi connectivity index (χ1) is 18.2. The summed E-state index contributed by atoms with van der Waals surface area (Å²) in [4.78, 5) is 49.3. The Morgan fingerprint density at radius 2 is 1.05 bits per heavy atom. The maximum atomic E-state index is 12.0. The van der Waals surface area contributed by atoms with Crippen molar-refractivity contribution < 1.29 is 38.1 Å². The highest BCUT2D eigenvalue weighted by Gasteiger charge is 2.12. The lowest BCUT2D eigenvalue weighted by molar-refractivity contribution is -0.146. The molecule has 0 spiro atoms. The number of carbonyl (C=O) groups excluding carboxylic acids is 4. The van der Waals surface area contributed by atoms with E-state index < -0.39 is 23.9 Å². The zero-order chi connectivity index (χ0) is 28.8. The van der Waals surface area contributed by atoms with E-state index in [1.807, 2.05) is 0 Å². The molecule has 12 nitrogen and oxygen atoms in total.